The first kappa shape index (κ1) is 39.8. The van der Waals surface area contributed by atoms with Crippen molar-refractivity contribution in [2.45, 2.75) is 205 Å². The summed E-state index contributed by atoms with van der Waals surface area (Å²) < 4.78 is 16.1. The lowest BCUT2D eigenvalue weighted by atomic mass is 10.0. The van der Waals surface area contributed by atoms with Crippen LogP contribution in [0, 0.1) is 0 Å². The summed E-state index contributed by atoms with van der Waals surface area (Å²) in [7, 11) is 0. The zero-order valence-corrected chi connectivity index (χ0v) is 28.0. The molecule has 7 heteroatoms. The van der Waals surface area contributed by atoms with Gasteiger partial charge in [0.15, 0.2) is 6.10 Å². The van der Waals surface area contributed by atoms with E-state index in [-0.39, 0.29) is 25.2 Å². The van der Waals surface area contributed by atoms with E-state index in [0.717, 1.165) is 38.5 Å². The zero-order chi connectivity index (χ0) is 31.4. The molecular weight excluding hydrogens is 544 g/mol. The molecule has 1 fully saturated rings. The van der Waals surface area contributed by atoms with Crippen LogP contribution in [0.25, 0.3) is 0 Å². The van der Waals surface area contributed by atoms with Gasteiger partial charge in [-0.05, 0) is 12.8 Å². The van der Waals surface area contributed by atoms with Gasteiger partial charge in [0.2, 0.25) is 0 Å². The van der Waals surface area contributed by atoms with Crippen LogP contribution < -0.4 is 0 Å². The van der Waals surface area contributed by atoms with Gasteiger partial charge in [-0.2, -0.15) is 0 Å². The molecule has 4 atom stereocenters. The summed E-state index contributed by atoms with van der Waals surface area (Å²) in [5, 5.41) is 20.9. The van der Waals surface area contributed by atoms with Crippen molar-refractivity contribution in [1.29, 1.82) is 0 Å². The fourth-order valence-electron chi connectivity index (χ4n) is 5.85. The summed E-state index contributed by atoms with van der Waals surface area (Å²) in [6.45, 7) is 4.27. The normalized spacial score (nSPS) is 19.0. The first-order valence-electron chi connectivity index (χ1n) is 18.3. The van der Waals surface area contributed by atoms with Crippen LogP contribution in [0.4, 0.5) is 0 Å². The predicted octanol–water partition coefficient (Wildman–Crippen LogP) is 8.74. The molecule has 1 saturated heterocycles. The van der Waals surface area contributed by atoms with E-state index < -0.39 is 24.4 Å². The topological polar surface area (TPSA) is 102 Å². The second-order valence-electron chi connectivity index (χ2n) is 12.8. The van der Waals surface area contributed by atoms with Crippen molar-refractivity contribution in [1.82, 2.24) is 0 Å². The van der Waals surface area contributed by atoms with Gasteiger partial charge in [-0.3, -0.25) is 9.59 Å². The summed E-state index contributed by atoms with van der Waals surface area (Å²) in [6, 6.07) is 0. The number of rotatable bonds is 30. The number of ether oxygens (including phenoxy) is 3. The lowest BCUT2D eigenvalue weighted by Gasteiger charge is -2.22. The van der Waals surface area contributed by atoms with Crippen LogP contribution in [-0.2, 0) is 23.8 Å². The van der Waals surface area contributed by atoms with Crippen LogP contribution in [0.2, 0.25) is 0 Å². The van der Waals surface area contributed by atoms with Gasteiger partial charge in [0, 0.05) is 12.8 Å². The first-order chi connectivity index (χ1) is 21.0. The smallest absolute Gasteiger partial charge is 0.306 e. The monoisotopic (exact) mass is 612 g/mol. The van der Waals surface area contributed by atoms with Crippen molar-refractivity contribution in [3.63, 3.8) is 0 Å². The van der Waals surface area contributed by atoms with Crippen molar-refractivity contribution in [2.75, 3.05) is 13.2 Å². The number of aliphatic hydroxyl groups excluding tert-OH is 2. The van der Waals surface area contributed by atoms with Gasteiger partial charge in [-0.15, -0.1) is 0 Å². The lowest BCUT2D eigenvalue weighted by Crippen LogP contribution is -2.42. The van der Waals surface area contributed by atoms with E-state index in [1.165, 1.54) is 116 Å². The standard InChI is InChI=1S/C36H68O7/c1-3-5-7-9-11-13-14-15-16-17-18-20-22-24-26-28-34(39)43-32-30-42-36(35(32)40)31(37)29-41-33(38)27-25-23-21-19-12-10-8-6-4-2/h31-32,35-37,40H,3-30H2,1-2H3/t31-,32+,35-,36-/m1/s1. The summed E-state index contributed by atoms with van der Waals surface area (Å²) in [6.07, 6.45) is 26.2. The molecule has 0 aromatic carbocycles. The summed E-state index contributed by atoms with van der Waals surface area (Å²) in [5.41, 5.74) is 0. The van der Waals surface area contributed by atoms with Gasteiger partial charge in [0.1, 0.15) is 24.9 Å². The molecular formula is C36H68O7. The number of hydrogen-bond acceptors (Lipinski definition) is 7. The number of unbranched alkanes of at least 4 members (excludes halogenated alkanes) is 22. The number of carbonyl (C=O) groups is 2. The highest BCUT2D eigenvalue weighted by atomic mass is 16.6. The maximum atomic E-state index is 12.3. The van der Waals surface area contributed by atoms with E-state index >= 15 is 0 Å². The molecule has 0 aromatic rings. The molecule has 0 bridgehead atoms. The molecule has 254 valence electrons. The Kier molecular flexibility index (Phi) is 26.2. The minimum absolute atomic E-state index is 0.0277. The fraction of sp³-hybridized carbons (Fsp3) is 0.944. The Morgan fingerprint density at radius 3 is 1.42 bits per heavy atom. The summed E-state index contributed by atoms with van der Waals surface area (Å²) in [5.74, 6) is -0.689. The molecule has 43 heavy (non-hydrogen) atoms. The van der Waals surface area contributed by atoms with Crippen LogP contribution in [0.15, 0.2) is 0 Å². The van der Waals surface area contributed by atoms with Crippen molar-refractivity contribution in [3.8, 4) is 0 Å². The summed E-state index contributed by atoms with van der Waals surface area (Å²) in [4.78, 5) is 24.3. The minimum Gasteiger partial charge on any atom is -0.463 e. The van der Waals surface area contributed by atoms with Crippen molar-refractivity contribution in [2.24, 2.45) is 0 Å². The Bertz CT molecular complexity index is 656. The van der Waals surface area contributed by atoms with Gasteiger partial charge in [0.05, 0.1) is 6.61 Å². The zero-order valence-electron chi connectivity index (χ0n) is 28.0. The highest BCUT2D eigenvalue weighted by molar-refractivity contribution is 5.69. The number of aliphatic hydroxyl groups is 2. The molecule has 1 rings (SSSR count). The highest BCUT2D eigenvalue weighted by Gasteiger charge is 2.42. The van der Waals surface area contributed by atoms with Crippen LogP contribution in [0.1, 0.15) is 181 Å². The van der Waals surface area contributed by atoms with Crippen LogP contribution in [-0.4, -0.2) is 59.8 Å². The third-order valence-electron chi connectivity index (χ3n) is 8.72. The fourth-order valence-corrected chi connectivity index (χ4v) is 5.85. The third kappa shape index (κ3) is 22.0. The Hall–Kier alpha value is -1.18. The second-order valence-corrected chi connectivity index (χ2v) is 12.8. The van der Waals surface area contributed by atoms with Gasteiger partial charge in [-0.25, -0.2) is 0 Å². The van der Waals surface area contributed by atoms with E-state index in [9.17, 15) is 19.8 Å². The van der Waals surface area contributed by atoms with Crippen molar-refractivity contribution >= 4 is 11.9 Å². The maximum absolute atomic E-state index is 12.3. The molecule has 2 N–H and O–H groups in total. The molecule has 0 radical (unpaired) electrons. The predicted molar refractivity (Wildman–Crippen MR) is 174 cm³/mol. The molecule has 7 nitrogen and oxygen atoms in total. The van der Waals surface area contributed by atoms with Gasteiger partial charge in [0.25, 0.3) is 0 Å². The largest absolute Gasteiger partial charge is 0.463 e. The molecule has 1 heterocycles. The minimum atomic E-state index is -1.17. The SMILES string of the molecule is CCCCCCCCCCCCCCCCCC(=O)O[C@H]1CO[C@H]([C@H](O)COC(=O)CCCCCCCCCCC)[C@@H]1O. The van der Waals surface area contributed by atoms with E-state index in [2.05, 4.69) is 13.8 Å². The third-order valence-corrected chi connectivity index (χ3v) is 8.72. The lowest BCUT2D eigenvalue weighted by molar-refractivity contribution is -0.154. The Labute approximate surface area is 264 Å². The van der Waals surface area contributed by atoms with E-state index in [1.54, 1.807) is 0 Å². The molecule has 0 aliphatic carbocycles. The summed E-state index contributed by atoms with van der Waals surface area (Å²) >= 11 is 0. The van der Waals surface area contributed by atoms with Gasteiger partial charge >= 0.3 is 11.9 Å². The van der Waals surface area contributed by atoms with Crippen molar-refractivity contribution < 1.29 is 34.0 Å². The van der Waals surface area contributed by atoms with Gasteiger partial charge in [-0.1, -0.05) is 155 Å². The molecule has 0 unspecified atom stereocenters. The van der Waals surface area contributed by atoms with Gasteiger partial charge < -0.3 is 24.4 Å². The average Bonchev–Trinajstić information content (AvgIpc) is 3.36. The maximum Gasteiger partial charge on any atom is 0.306 e. The molecule has 0 spiro atoms. The van der Waals surface area contributed by atoms with E-state index in [4.69, 9.17) is 14.2 Å². The Morgan fingerprint density at radius 1 is 0.628 bits per heavy atom. The van der Waals surface area contributed by atoms with Crippen molar-refractivity contribution in [3.05, 3.63) is 0 Å². The number of hydrogen-bond donors (Lipinski definition) is 2. The van der Waals surface area contributed by atoms with Crippen LogP contribution >= 0.6 is 0 Å². The van der Waals surface area contributed by atoms with E-state index in [0.29, 0.717) is 12.8 Å². The van der Waals surface area contributed by atoms with E-state index in [1.807, 2.05) is 0 Å². The Morgan fingerprint density at radius 2 is 1.00 bits per heavy atom. The second kappa shape index (κ2) is 28.3. The number of esters is 2. The highest BCUT2D eigenvalue weighted by Crippen LogP contribution is 2.22. The quantitative estimate of drug-likeness (QED) is 0.0617. The first-order valence-corrected chi connectivity index (χ1v) is 18.3. The molecule has 1 aliphatic rings. The number of carbonyl (C=O) groups excluding carboxylic acids is 2. The molecule has 0 saturated carbocycles. The van der Waals surface area contributed by atoms with Crippen LogP contribution in [0.3, 0.4) is 0 Å². The molecule has 0 aromatic heterocycles. The average molecular weight is 613 g/mol. The molecule has 0 amide bonds. The molecule has 1 aliphatic heterocycles. The van der Waals surface area contributed by atoms with Crippen LogP contribution in [0.5, 0.6) is 0 Å². The Balaban J connectivity index is 1.99.